The molecule has 10 heteroatoms. The molecule has 0 bridgehead atoms. The van der Waals surface area contributed by atoms with E-state index in [1.165, 1.54) is 28.6 Å². The number of sulfonamides is 1. The predicted molar refractivity (Wildman–Crippen MR) is 122 cm³/mol. The fourth-order valence-electron chi connectivity index (χ4n) is 3.17. The number of hydrogen-bond donors (Lipinski definition) is 1. The molecule has 2 aromatic rings. The van der Waals surface area contributed by atoms with Gasteiger partial charge in [-0.05, 0) is 55.3 Å². The smallest absolute Gasteiger partial charge is 0.309 e. The first-order valence-electron chi connectivity index (χ1n) is 10.6. The maximum Gasteiger partial charge on any atom is 0.309 e. The molecule has 1 fully saturated rings. The molecule has 0 unspecified atom stereocenters. The van der Waals surface area contributed by atoms with E-state index in [9.17, 15) is 18.0 Å². The second kappa shape index (κ2) is 11.3. The highest BCUT2D eigenvalue weighted by atomic mass is 32.2. The number of rotatable bonds is 9. The summed E-state index contributed by atoms with van der Waals surface area (Å²) < 4.78 is 42.4. The molecule has 1 amide bonds. The van der Waals surface area contributed by atoms with Gasteiger partial charge in [-0.15, -0.1) is 0 Å². The molecule has 0 saturated carbocycles. The van der Waals surface area contributed by atoms with Gasteiger partial charge < -0.3 is 19.5 Å². The third kappa shape index (κ3) is 7.01. The number of nitrogens with one attached hydrogen (secondary N) is 1. The lowest BCUT2D eigenvalue weighted by Crippen LogP contribution is -2.40. The van der Waals surface area contributed by atoms with E-state index in [2.05, 4.69) is 5.32 Å². The zero-order valence-corrected chi connectivity index (χ0v) is 19.5. The molecule has 33 heavy (non-hydrogen) atoms. The third-order valence-electron chi connectivity index (χ3n) is 5.02. The van der Waals surface area contributed by atoms with E-state index in [0.717, 1.165) is 11.1 Å². The summed E-state index contributed by atoms with van der Waals surface area (Å²) in [6.45, 7) is 4.91. The number of amides is 1. The maximum absolute atomic E-state index is 12.6. The first kappa shape index (κ1) is 24.7. The van der Waals surface area contributed by atoms with Gasteiger partial charge in [-0.3, -0.25) is 9.59 Å². The largest absolute Gasteiger partial charge is 0.493 e. The van der Waals surface area contributed by atoms with Crippen LogP contribution in [0.5, 0.6) is 5.75 Å². The molecular weight excluding hydrogens is 448 g/mol. The zero-order chi connectivity index (χ0) is 23.8. The van der Waals surface area contributed by atoms with Gasteiger partial charge in [0.2, 0.25) is 10.0 Å². The summed E-state index contributed by atoms with van der Waals surface area (Å²) in [5, 5.41) is 2.58. The Kier molecular flexibility index (Phi) is 8.43. The summed E-state index contributed by atoms with van der Waals surface area (Å²) in [6.07, 6.45) is 0.00869. The monoisotopic (exact) mass is 476 g/mol. The number of carbonyl (C=O) groups is 2. The number of aryl methyl sites for hydroxylation is 2. The van der Waals surface area contributed by atoms with E-state index in [1.807, 2.05) is 32.0 Å². The van der Waals surface area contributed by atoms with Gasteiger partial charge in [0.15, 0.2) is 6.61 Å². The Hall–Kier alpha value is -2.95. The van der Waals surface area contributed by atoms with E-state index >= 15 is 0 Å². The molecule has 0 aliphatic carbocycles. The fraction of sp³-hybridized carbons (Fsp3) is 0.391. The molecule has 2 aromatic carbocycles. The van der Waals surface area contributed by atoms with E-state index in [-0.39, 0.29) is 17.9 Å². The number of esters is 1. The second-order valence-electron chi connectivity index (χ2n) is 7.62. The van der Waals surface area contributed by atoms with Crippen LogP contribution in [0.25, 0.3) is 0 Å². The first-order valence-corrected chi connectivity index (χ1v) is 12.0. The van der Waals surface area contributed by atoms with Gasteiger partial charge in [0.1, 0.15) is 5.75 Å². The number of hydrogen-bond acceptors (Lipinski definition) is 7. The SMILES string of the molecule is Cc1ccc(C)c(OCCC(=O)OCC(=O)Nc2ccc(S(=O)(=O)N3CCOCC3)cc2)c1. The lowest BCUT2D eigenvalue weighted by atomic mass is 10.1. The highest BCUT2D eigenvalue weighted by molar-refractivity contribution is 7.89. The molecule has 0 atom stereocenters. The van der Waals surface area contributed by atoms with Crippen LogP contribution in [0, 0.1) is 13.8 Å². The van der Waals surface area contributed by atoms with E-state index in [4.69, 9.17) is 14.2 Å². The van der Waals surface area contributed by atoms with Crippen LogP contribution in [0.4, 0.5) is 5.69 Å². The average Bonchev–Trinajstić information content (AvgIpc) is 2.81. The number of nitrogens with zero attached hydrogens (tertiary/aromatic N) is 1. The molecule has 9 nitrogen and oxygen atoms in total. The highest BCUT2D eigenvalue weighted by Crippen LogP contribution is 2.20. The molecule has 1 aliphatic heterocycles. The molecule has 1 heterocycles. The number of carbonyl (C=O) groups excluding carboxylic acids is 2. The van der Waals surface area contributed by atoms with Gasteiger partial charge >= 0.3 is 5.97 Å². The van der Waals surface area contributed by atoms with Crippen molar-refractivity contribution in [3.8, 4) is 5.75 Å². The Labute approximate surface area is 193 Å². The third-order valence-corrected chi connectivity index (χ3v) is 6.93. The molecular formula is C23H28N2O7S. The Morgan fingerprint density at radius 1 is 1.06 bits per heavy atom. The van der Waals surface area contributed by atoms with Crippen LogP contribution in [0.1, 0.15) is 17.5 Å². The lowest BCUT2D eigenvalue weighted by Gasteiger charge is -2.26. The minimum atomic E-state index is -3.60. The van der Waals surface area contributed by atoms with Crippen LogP contribution >= 0.6 is 0 Å². The summed E-state index contributed by atoms with van der Waals surface area (Å²) in [5.41, 5.74) is 2.42. The van der Waals surface area contributed by atoms with Gasteiger partial charge in [-0.2, -0.15) is 4.31 Å². The molecule has 0 aromatic heterocycles. The van der Waals surface area contributed by atoms with Gasteiger partial charge in [0.25, 0.3) is 5.91 Å². The summed E-state index contributed by atoms with van der Waals surface area (Å²) >= 11 is 0. The Morgan fingerprint density at radius 2 is 1.76 bits per heavy atom. The molecule has 1 saturated heterocycles. The van der Waals surface area contributed by atoms with Crippen molar-refractivity contribution in [3.05, 3.63) is 53.6 Å². The number of benzene rings is 2. The Balaban J connectivity index is 1.42. The molecule has 0 radical (unpaired) electrons. The van der Waals surface area contributed by atoms with Crippen LogP contribution in [0.3, 0.4) is 0 Å². The van der Waals surface area contributed by atoms with Gasteiger partial charge in [-0.25, -0.2) is 8.42 Å². The summed E-state index contributed by atoms with van der Waals surface area (Å²) in [7, 11) is -3.60. The number of anilines is 1. The summed E-state index contributed by atoms with van der Waals surface area (Å²) in [5.74, 6) is -0.371. The van der Waals surface area contributed by atoms with Crippen LogP contribution in [-0.2, 0) is 29.1 Å². The first-order chi connectivity index (χ1) is 15.8. The van der Waals surface area contributed by atoms with Crippen LogP contribution in [0.2, 0.25) is 0 Å². The van der Waals surface area contributed by atoms with Gasteiger partial charge in [0.05, 0.1) is 31.1 Å². The number of ether oxygens (including phenoxy) is 3. The van der Waals surface area contributed by atoms with Crippen LogP contribution in [-0.4, -0.2) is 64.1 Å². The Bertz CT molecular complexity index is 1080. The lowest BCUT2D eigenvalue weighted by molar-refractivity contribution is -0.147. The fourth-order valence-corrected chi connectivity index (χ4v) is 4.58. The Morgan fingerprint density at radius 3 is 2.45 bits per heavy atom. The summed E-state index contributed by atoms with van der Waals surface area (Å²) in [6, 6.07) is 11.7. The van der Waals surface area contributed by atoms with Crippen molar-refractivity contribution in [1.29, 1.82) is 0 Å². The quantitative estimate of drug-likeness (QED) is 0.553. The van der Waals surface area contributed by atoms with Crippen molar-refractivity contribution in [2.75, 3.05) is 44.8 Å². The second-order valence-corrected chi connectivity index (χ2v) is 9.56. The van der Waals surface area contributed by atoms with Crippen molar-refractivity contribution < 1.29 is 32.2 Å². The normalized spacial score (nSPS) is 14.5. The highest BCUT2D eigenvalue weighted by Gasteiger charge is 2.26. The van der Waals surface area contributed by atoms with Gasteiger partial charge in [0, 0.05) is 18.8 Å². The predicted octanol–water partition coefficient (Wildman–Crippen LogP) is 2.28. The van der Waals surface area contributed by atoms with Crippen LogP contribution < -0.4 is 10.1 Å². The van der Waals surface area contributed by atoms with Crippen molar-refractivity contribution in [2.24, 2.45) is 0 Å². The molecule has 0 spiro atoms. The average molecular weight is 477 g/mol. The van der Waals surface area contributed by atoms with E-state index in [1.54, 1.807) is 0 Å². The van der Waals surface area contributed by atoms with Gasteiger partial charge in [-0.1, -0.05) is 12.1 Å². The minimum absolute atomic E-state index is 0.00869. The van der Waals surface area contributed by atoms with Crippen molar-refractivity contribution in [3.63, 3.8) is 0 Å². The summed E-state index contributed by atoms with van der Waals surface area (Å²) in [4.78, 5) is 24.1. The van der Waals surface area contributed by atoms with Crippen molar-refractivity contribution >= 4 is 27.6 Å². The van der Waals surface area contributed by atoms with E-state index in [0.29, 0.717) is 37.7 Å². The molecule has 1 aliphatic rings. The van der Waals surface area contributed by atoms with E-state index < -0.39 is 28.5 Å². The molecule has 178 valence electrons. The van der Waals surface area contributed by atoms with Crippen LogP contribution in [0.15, 0.2) is 47.4 Å². The van der Waals surface area contributed by atoms with Crippen molar-refractivity contribution in [1.82, 2.24) is 4.31 Å². The molecule has 1 N–H and O–H groups in total. The standard InChI is InChI=1S/C23H28N2O7S/c1-17-3-4-18(2)21(15-17)31-12-9-23(27)32-16-22(26)24-19-5-7-20(8-6-19)33(28,29)25-10-13-30-14-11-25/h3-8,15H,9-14,16H2,1-2H3,(H,24,26). The zero-order valence-electron chi connectivity index (χ0n) is 18.7. The minimum Gasteiger partial charge on any atom is -0.493 e. The topological polar surface area (TPSA) is 111 Å². The molecule has 3 rings (SSSR count). The van der Waals surface area contributed by atoms with Crippen molar-refractivity contribution in [2.45, 2.75) is 25.2 Å². The maximum atomic E-state index is 12.6. The number of morpholine rings is 1.